The Morgan fingerprint density at radius 2 is 1.86 bits per heavy atom. The van der Waals surface area contributed by atoms with Gasteiger partial charge in [-0.2, -0.15) is 18.3 Å². The van der Waals surface area contributed by atoms with E-state index in [1.807, 2.05) is 0 Å². The Bertz CT molecular complexity index is 1360. The first kappa shape index (κ1) is 24.9. The number of rotatable bonds is 5. The van der Waals surface area contributed by atoms with Gasteiger partial charge >= 0.3 is 6.18 Å². The predicted molar refractivity (Wildman–Crippen MR) is 135 cm³/mol. The molecule has 0 atom stereocenters. The SMILES string of the molecule is O=C1SC(=Cc2ccc3c(cnn3Cc3ccc(Cl)cc3C(F)(F)F)c2)C(=O)N1CC1CCCCC1. The second kappa shape index (κ2) is 9.94. The number of carbonyl (C=O) groups excluding carboxylic acids is 2. The van der Waals surface area contributed by atoms with Crippen molar-refractivity contribution in [3.8, 4) is 0 Å². The molecule has 3 aromatic rings. The highest BCUT2D eigenvalue weighted by molar-refractivity contribution is 8.18. The van der Waals surface area contributed by atoms with Crippen molar-refractivity contribution >= 4 is 51.5 Å². The van der Waals surface area contributed by atoms with Crippen LogP contribution in [0.3, 0.4) is 0 Å². The third-order valence-corrected chi connectivity index (χ3v) is 7.84. The number of thioether (sulfide) groups is 1. The molecule has 2 aromatic carbocycles. The maximum Gasteiger partial charge on any atom is 0.416 e. The number of aromatic nitrogens is 2. The second-order valence-corrected chi connectivity index (χ2v) is 10.6. The molecular formula is C26H23ClF3N3O2S. The molecule has 0 bridgehead atoms. The molecule has 188 valence electrons. The highest BCUT2D eigenvalue weighted by Gasteiger charge is 2.36. The van der Waals surface area contributed by atoms with E-state index in [1.165, 1.54) is 28.1 Å². The van der Waals surface area contributed by atoms with Crippen LogP contribution in [0.5, 0.6) is 0 Å². The molecule has 1 aliphatic carbocycles. The summed E-state index contributed by atoms with van der Waals surface area (Å²) < 4.78 is 41.9. The molecule has 0 N–H and O–H groups in total. The van der Waals surface area contributed by atoms with Crippen molar-refractivity contribution in [1.29, 1.82) is 0 Å². The van der Waals surface area contributed by atoms with E-state index in [9.17, 15) is 22.8 Å². The van der Waals surface area contributed by atoms with Gasteiger partial charge in [0, 0.05) is 17.0 Å². The minimum atomic E-state index is -4.53. The van der Waals surface area contributed by atoms with Gasteiger partial charge in [0.25, 0.3) is 11.1 Å². The summed E-state index contributed by atoms with van der Waals surface area (Å²) in [7, 11) is 0. The number of nitrogens with zero attached hydrogens (tertiary/aromatic N) is 3. The number of imide groups is 1. The Hall–Kier alpha value is -2.78. The fourth-order valence-electron chi connectivity index (χ4n) is 4.87. The van der Waals surface area contributed by atoms with Gasteiger partial charge < -0.3 is 0 Å². The molecule has 2 fully saturated rings. The predicted octanol–water partition coefficient (Wildman–Crippen LogP) is 7.37. The second-order valence-electron chi connectivity index (χ2n) is 9.22. The first-order valence-corrected chi connectivity index (χ1v) is 12.9. The molecule has 36 heavy (non-hydrogen) atoms. The van der Waals surface area contributed by atoms with Gasteiger partial charge in [0.05, 0.1) is 28.7 Å². The number of carbonyl (C=O) groups is 2. The Morgan fingerprint density at radius 1 is 1.08 bits per heavy atom. The van der Waals surface area contributed by atoms with Gasteiger partial charge in [0.15, 0.2) is 0 Å². The van der Waals surface area contributed by atoms with E-state index < -0.39 is 11.7 Å². The zero-order valence-electron chi connectivity index (χ0n) is 19.2. The lowest BCUT2D eigenvalue weighted by Gasteiger charge is -2.25. The minimum absolute atomic E-state index is 0.0178. The number of hydrogen-bond donors (Lipinski definition) is 0. The van der Waals surface area contributed by atoms with Crippen LogP contribution < -0.4 is 0 Å². The van der Waals surface area contributed by atoms with E-state index in [0.717, 1.165) is 43.5 Å². The lowest BCUT2D eigenvalue weighted by atomic mass is 9.89. The zero-order chi connectivity index (χ0) is 25.4. The average molecular weight is 534 g/mol. The van der Waals surface area contributed by atoms with Crippen molar-refractivity contribution < 1.29 is 22.8 Å². The van der Waals surface area contributed by atoms with E-state index in [0.29, 0.717) is 33.8 Å². The summed E-state index contributed by atoms with van der Waals surface area (Å²) in [6, 6.07) is 9.03. The highest BCUT2D eigenvalue weighted by atomic mass is 35.5. The van der Waals surface area contributed by atoms with Gasteiger partial charge in [-0.3, -0.25) is 19.2 Å². The monoisotopic (exact) mass is 533 g/mol. The fourth-order valence-corrected chi connectivity index (χ4v) is 5.89. The number of hydrogen-bond acceptors (Lipinski definition) is 4. The van der Waals surface area contributed by atoms with Crippen LogP contribution in [0.2, 0.25) is 5.02 Å². The molecule has 10 heteroatoms. The van der Waals surface area contributed by atoms with Crippen molar-refractivity contribution in [2.75, 3.05) is 6.54 Å². The molecule has 0 unspecified atom stereocenters. The highest BCUT2D eigenvalue weighted by Crippen LogP contribution is 2.36. The summed E-state index contributed by atoms with van der Waals surface area (Å²) in [5.74, 6) is 0.0982. The van der Waals surface area contributed by atoms with Crippen LogP contribution in [0.1, 0.15) is 48.8 Å². The number of fused-ring (bicyclic) bond motifs is 1. The number of halogens is 4. The van der Waals surface area contributed by atoms with E-state index in [2.05, 4.69) is 5.10 Å². The Morgan fingerprint density at radius 3 is 2.61 bits per heavy atom. The number of benzene rings is 2. The van der Waals surface area contributed by atoms with Crippen molar-refractivity contribution in [3.63, 3.8) is 0 Å². The Kier molecular flexibility index (Phi) is 6.87. The number of amides is 2. The van der Waals surface area contributed by atoms with Gasteiger partial charge in [0.1, 0.15) is 0 Å². The van der Waals surface area contributed by atoms with Gasteiger partial charge in [0.2, 0.25) is 0 Å². The van der Waals surface area contributed by atoms with Crippen molar-refractivity contribution in [3.05, 3.63) is 69.2 Å². The quantitative estimate of drug-likeness (QED) is 0.321. The van der Waals surface area contributed by atoms with Crippen molar-refractivity contribution in [2.45, 2.75) is 44.8 Å². The van der Waals surface area contributed by atoms with Crippen molar-refractivity contribution in [1.82, 2.24) is 14.7 Å². The van der Waals surface area contributed by atoms with E-state index in [-0.39, 0.29) is 28.3 Å². The average Bonchev–Trinajstić information content (AvgIpc) is 3.35. The Balaban J connectivity index is 1.36. The van der Waals surface area contributed by atoms with Crippen molar-refractivity contribution in [2.24, 2.45) is 5.92 Å². The summed E-state index contributed by atoms with van der Waals surface area (Å²) in [5, 5.41) is 4.77. The van der Waals surface area contributed by atoms with Gasteiger partial charge in [-0.05, 0) is 72.0 Å². The molecule has 2 amide bonds. The van der Waals surface area contributed by atoms with Crippen LogP contribution in [0.4, 0.5) is 18.0 Å². The lowest BCUT2D eigenvalue weighted by Crippen LogP contribution is -2.34. The molecule has 0 radical (unpaired) electrons. The van der Waals surface area contributed by atoms with Gasteiger partial charge in [-0.15, -0.1) is 0 Å². The molecule has 2 heterocycles. The largest absolute Gasteiger partial charge is 0.416 e. The maximum atomic E-state index is 13.5. The molecule has 5 rings (SSSR count). The topological polar surface area (TPSA) is 55.2 Å². The van der Waals surface area contributed by atoms with Crippen LogP contribution in [-0.2, 0) is 17.5 Å². The van der Waals surface area contributed by atoms with E-state index >= 15 is 0 Å². The molecule has 2 aliphatic rings. The molecule has 5 nitrogen and oxygen atoms in total. The summed E-state index contributed by atoms with van der Waals surface area (Å²) in [5.41, 5.74) is 0.639. The number of alkyl halides is 3. The van der Waals surface area contributed by atoms with Crippen LogP contribution in [0, 0.1) is 5.92 Å². The summed E-state index contributed by atoms with van der Waals surface area (Å²) >= 11 is 6.73. The third kappa shape index (κ3) is 5.18. The maximum absolute atomic E-state index is 13.5. The first-order valence-electron chi connectivity index (χ1n) is 11.8. The fraction of sp³-hybridized carbons (Fsp3) is 0.346. The lowest BCUT2D eigenvalue weighted by molar-refractivity contribution is -0.138. The van der Waals surface area contributed by atoms with Crippen LogP contribution >= 0.6 is 23.4 Å². The Labute approximate surface area is 215 Å². The molecule has 1 aliphatic heterocycles. The smallest absolute Gasteiger partial charge is 0.268 e. The first-order chi connectivity index (χ1) is 17.2. The molecule has 1 aromatic heterocycles. The van der Waals surface area contributed by atoms with Gasteiger partial charge in [-0.1, -0.05) is 43.0 Å². The van der Waals surface area contributed by atoms with E-state index in [1.54, 1.807) is 30.5 Å². The third-order valence-electron chi connectivity index (χ3n) is 6.70. The molecule has 1 saturated heterocycles. The van der Waals surface area contributed by atoms with Gasteiger partial charge in [-0.25, -0.2) is 0 Å². The van der Waals surface area contributed by atoms with Crippen LogP contribution in [0.15, 0.2) is 47.5 Å². The standard InChI is InChI=1S/C26H23ClF3N3O2S/c27-20-8-7-18(21(12-20)26(28,29)30)15-33-22-9-6-17(10-19(22)13-31-33)11-23-24(34)32(25(35)36-23)14-16-4-2-1-3-5-16/h6-13,16H,1-5,14-15H2. The minimum Gasteiger partial charge on any atom is -0.268 e. The molecular weight excluding hydrogens is 511 g/mol. The molecule has 0 spiro atoms. The van der Waals surface area contributed by atoms with E-state index in [4.69, 9.17) is 11.6 Å². The summed E-state index contributed by atoms with van der Waals surface area (Å²) in [6.07, 6.45) is 4.30. The summed E-state index contributed by atoms with van der Waals surface area (Å²) in [4.78, 5) is 27.1. The summed E-state index contributed by atoms with van der Waals surface area (Å²) in [6.45, 7) is 0.396. The van der Waals surface area contributed by atoms with Crippen LogP contribution in [0.25, 0.3) is 17.0 Å². The van der Waals surface area contributed by atoms with Crippen LogP contribution in [-0.4, -0.2) is 32.4 Å². The molecule has 1 saturated carbocycles. The normalized spacial score (nSPS) is 18.7. The zero-order valence-corrected chi connectivity index (χ0v) is 20.8.